The molecule has 0 saturated carbocycles. The lowest BCUT2D eigenvalue weighted by Gasteiger charge is -2.00. The zero-order valence-corrected chi connectivity index (χ0v) is 9.71. The molecule has 0 radical (unpaired) electrons. The standard InChI is InChI=1S/C11H12N2O2S/c1-8-7-9(13-15-8)4-5-12-11(14)10-3-2-6-16-10/h2-3,6-7H,4-5H2,1H3,(H,12,14). The van der Waals surface area contributed by atoms with Crippen LogP contribution in [0.15, 0.2) is 28.1 Å². The molecular weight excluding hydrogens is 224 g/mol. The third-order valence-electron chi connectivity index (χ3n) is 2.09. The first-order chi connectivity index (χ1) is 7.75. The van der Waals surface area contributed by atoms with Crippen molar-refractivity contribution in [3.05, 3.63) is 39.9 Å². The van der Waals surface area contributed by atoms with E-state index in [4.69, 9.17) is 4.52 Å². The molecule has 1 amide bonds. The number of thiophene rings is 1. The summed E-state index contributed by atoms with van der Waals surface area (Å²) in [6.45, 7) is 2.42. The highest BCUT2D eigenvalue weighted by Gasteiger charge is 2.06. The van der Waals surface area contributed by atoms with Crippen molar-refractivity contribution in [3.8, 4) is 0 Å². The van der Waals surface area contributed by atoms with E-state index in [0.29, 0.717) is 13.0 Å². The lowest BCUT2D eigenvalue weighted by atomic mass is 10.3. The van der Waals surface area contributed by atoms with Crippen molar-refractivity contribution in [2.24, 2.45) is 0 Å². The Labute approximate surface area is 97.3 Å². The van der Waals surface area contributed by atoms with Crippen LogP contribution in [-0.4, -0.2) is 17.6 Å². The minimum Gasteiger partial charge on any atom is -0.361 e. The van der Waals surface area contributed by atoms with Crippen molar-refractivity contribution < 1.29 is 9.32 Å². The fourth-order valence-electron chi connectivity index (χ4n) is 1.33. The molecule has 0 aliphatic heterocycles. The fourth-order valence-corrected chi connectivity index (χ4v) is 1.97. The molecule has 16 heavy (non-hydrogen) atoms. The van der Waals surface area contributed by atoms with Crippen LogP contribution in [0.3, 0.4) is 0 Å². The second kappa shape index (κ2) is 4.94. The topological polar surface area (TPSA) is 55.1 Å². The normalized spacial score (nSPS) is 10.3. The monoisotopic (exact) mass is 236 g/mol. The number of rotatable bonds is 4. The zero-order valence-electron chi connectivity index (χ0n) is 8.90. The van der Waals surface area contributed by atoms with Crippen molar-refractivity contribution in [2.45, 2.75) is 13.3 Å². The van der Waals surface area contributed by atoms with Gasteiger partial charge in [0.25, 0.3) is 5.91 Å². The smallest absolute Gasteiger partial charge is 0.261 e. The fraction of sp³-hybridized carbons (Fsp3) is 0.273. The number of aryl methyl sites for hydroxylation is 1. The van der Waals surface area contributed by atoms with Gasteiger partial charge in [-0.2, -0.15) is 0 Å². The predicted octanol–water partition coefficient (Wildman–Crippen LogP) is 2.02. The number of aromatic nitrogens is 1. The van der Waals surface area contributed by atoms with Crippen molar-refractivity contribution in [2.75, 3.05) is 6.54 Å². The van der Waals surface area contributed by atoms with Crippen LogP contribution in [0, 0.1) is 6.92 Å². The molecule has 2 aromatic rings. The van der Waals surface area contributed by atoms with Gasteiger partial charge in [0.1, 0.15) is 5.76 Å². The molecule has 0 aliphatic rings. The molecule has 4 nitrogen and oxygen atoms in total. The van der Waals surface area contributed by atoms with Crippen LogP contribution in [0.1, 0.15) is 21.1 Å². The summed E-state index contributed by atoms with van der Waals surface area (Å²) in [6.07, 6.45) is 0.689. The van der Waals surface area contributed by atoms with Gasteiger partial charge in [-0.1, -0.05) is 11.2 Å². The summed E-state index contributed by atoms with van der Waals surface area (Å²) < 4.78 is 4.93. The summed E-state index contributed by atoms with van der Waals surface area (Å²) in [5.41, 5.74) is 0.865. The Kier molecular flexibility index (Phi) is 3.36. The van der Waals surface area contributed by atoms with Crippen LogP contribution in [-0.2, 0) is 6.42 Å². The maximum absolute atomic E-state index is 11.6. The van der Waals surface area contributed by atoms with E-state index in [0.717, 1.165) is 16.3 Å². The quantitative estimate of drug-likeness (QED) is 0.883. The molecule has 0 fully saturated rings. The molecule has 0 bridgehead atoms. The van der Waals surface area contributed by atoms with Gasteiger partial charge in [-0.3, -0.25) is 4.79 Å². The van der Waals surface area contributed by atoms with E-state index < -0.39 is 0 Å². The molecule has 2 heterocycles. The van der Waals surface area contributed by atoms with Crippen LogP contribution >= 0.6 is 11.3 Å². The van der Waals surface area contributed by atoms with Crippen molar-refractivity contribution >= 4 is 17.2 Å². The van der Waals surface area contributed by atoms with Crippen LogP contribution in [0.5, 0.6) is 0 Å². The third-order valence-corrected chi connectivity index (χ3v) is 2.96. The lowest BCUT2D eigenvalue weighted by molar-refractivity contribution is 0.0958. The van der Waals surface area contributed by atoms with Crippen LogP contribution < -0.4 is 5.32 Å². The zero-order chi connectivity index (χ0) is 11.4. The largest absolute Gasteiger partial charge is 0.361 e. The summed E-state index contributed by atoms with van der Waals surface area (Å²) >= 11 is 1.44. The molecule has 2 aromatic heterocycles. The third kappa shape index (κ3) is 2.70. The predicted molar refractivity (Wildman–Crippen MR) is 61.6 cm³/mol. The summed E-state index contributed by atoms with van der Waals surface area (Å²) in [4.78, 5) is 12.3. The van der Waals surface area contributed by atoms with E-state index in [1.807, 2.05) is 24.4 Å². The van der Waals surface area contributed by atoms with Crippen molar-refractivity contribution in [1.82, 2.24) is 10.5 Å². The Morgan fingerprint density at radius 3 is 3.12 bits per heavy atom. The van der Waals surface area contributed by atoms with E-state index in [1.54, 1.807) is 6.07 Å². The van der Waals surface area contributed by atoms with Gasteiger partial charge in [-0.05, 0) is 18.4 Å². The minimum atomic E-state index is -0.0322. The SMILES string of the molecule is Cc1cc(CCNC(=O)c2cccs2)no1. The first-order valence-electron chi connectivity index (χ1n) is 4.99. The maximum atomic E-state index is 11.6. The molecule has 0 aliphatic carbocycles. The van der Waals surface area contributed by atoms with Crippen molar-refractivity contribution in [1.29, 1.82) is 0 Å². The number of amides is 1. The number of carbonyl (C=O) groups excluding carboxylic acids is 1. The maximum Gasteiger partial charge on any atom is 0.261 e. The lowest BCUT2D eigenvalue weighted by Crippen LogP contribution is -2.24. The van der Waals surface area contributed by atoms with Gasteiger partial charge >= 0.3 is 0 Å². The van der Waals surface area contributed by atoms with E-state index in [2.05, 4.69) is 10.5 Å². The first kappa shape index (κ1) is 10.9. The van der Waals surface area contributed by atoms with Crippen molar-refractivity contribution in [3.63, 3.8) is 0 Å². The Bertz CT molecular complexity index is 462. The Morgan fingerprint density at radius 2 is 2.50 bits per heavy atom. The van der Waals surface area contributed by atoms with Gasteiger partial charge in [0.15, 0.2) is 0 Å². The van der Waals surface area contributed by atoms with E-state index in [9.17, 15) is 4.79 Å². The Hall–Kier alpha value is -1.62. The molecule has 0 unspecified atom stereocenters. The van der Waals surface area contributed by atoms with E-state index >= 15 is 0 Å². The molecule has 5 heteroatoms. The second-order valence-electron chi connectivity index (χ2n) is 3.41. The summed E-state index contributed by atoms with van der Waals surface area (Å²) in [5.74, 6) is 0.759. The molecule has 0 spiro atoms. The minimum absolute atomic E-state index is 0.0322. The Morgan fingerprint density at radius 1 is 1.62 bits per heavy atom. The molecule has 0 aromatic carbocycles. The summed E-state index contributed by atoms with van der Waals surface area (Å²) in [7, 11) is 0. The van der Waals surface area contributed by atoms with Crippen LogP contribution in [0.2, 0.25) is 0 Å². The Balaban J connectivity index is 1.78. The van der Waals surface area contributed by atoms with Gasteiger partial charge in [-0.25, -0.2) is 0 Å². The molecule has 0 atom stereocenters. The highest BCUT2D eigenvalue weighted by atomic mass is 32.1. The second-order valence-corrected chi connectivity index (χ2v) is 4.36. The molecule has 0 saturated heterocycles. The van der Waals surface area contributed by atoms with E-state index in [-0.39, 0.29) is 5.91 Å². The number of nitrogens with zero attached hydrogens (tertiary/aromatic N) is 1. The van der Waals surface area contributed by atoms with Gasteiger partial charge in [0.05, 0.1) is 10.6 Å². The summed E-state index contributed by atoms with van der Waals surface area (Å²) in [6, 6.07) is 5.54. The van der Waals surface area contributed by atoms with Crippen LogP contribution in [0.25, 0.3) is 0 Å². The number of carbonyl (C=O) groups is 1. The highest BCUT2D eigenvalue weighted by molar-refractivity contribution is 7.12. The van der Waals surface area contributed by atoms with E-state index in [1.165, 1.54) is 11.3 Å². The molecule has 84 valence electrons. The molecule has 1 N–H and O–H groups in total. The van der Waals surface area contributed by atoms with Gasteiger partial charge in [0, 0.05) is 19.0 Å². The van der Waals surface area contributed by atoms with Crippen LogP contribution in [0.4, 0.5) is 0 Å². The van der Waals surface area contributed by atoms with Gasteiger partial charge in [-0.15, -0.1) is 11.3 Å². The van der Waals surface area contributed by atoms with Gasteiger partial charge < -0.3 is 9.84 Å². The highest BCUT2D eigenvalue weighted by Crippen LogP contribution is 2.07. The average molecular weight is 236 g/mol. The first-order valence-corrected chi connectivity index (χ1v) is 5.87. The number of nitrogens with one attached hydrogen (secondary N) is 1. The molecule has 2 rings (SSSR count). The summed E-state index contributed by atoms with van der Waals surface area (Å²) in [5, 5.41) is 8.57. The number of hydrogen-bond acceptors (Lipinski definition) is 4. The average Bonchev–Trinajstić information content (AvgIpc) is 2.89. The van der Waals surface area contributed by atoms with Gasteiger partial charge in [0.2, 0.25) is 0 Å². The number of hydrogen-bond donors (Lipinski definition) is 1. The molecular formula is C11H12N2O2S.